The number of nitrogens with one attached hydrogen (secondary N) is 1. The minimum atomic E-state index is -0.196. The fourth-order valence-electron chi connectivity index (χ4n) is 4.88. The first-order valence-electron chi connectivity index (χ1n) is 10.9. The molecule has 0 spiro atoms. The van der Waals surface area contributed by atoms with Crippen LogP contribution in [0.3, 0.4) is 0 Å². The molecule has 156 valence electrons. The molecule has 2 aromatic rings. The van der Waals surface area contributed by atoms with Gasteiger partial charge in [-0.2, -0.15) is 4.98 Å². The molecule has 0 aliphatic carbocycles. The van der Waals surface area contributed by atoms with Crippen molar-refractivity contribution in [3.8, 4) is 0 Å². The van der Waals surface area contributed by atoms with Crippen LogP contribution in [0.4, 0.5) is 27.5 Å². The van der Waals surface area contributed by atoms with Crippen molar-refractivity contribution >= 4 is 23.1 Å². The van der Waals surface area contributed by atoms with Crippen molar-refractivity contribution in [2.45, 2.75) is 71.4 Å². The predicted molar refractivity (Wildman–Crippen MR) is 118 cm³/mol. The Morgan fingerprint density at radius 2 is 1.90 bits per heavy atom. The summed E-state index contributed by atoms with van der Waals surface area (Å²) < 4.78 is 14.7. The Morgan fingerprint density at radius 1 is 1.17 bits per heavy atom. The van der Waals surface area contributed by atoms with Gasteiger partial charge in [0, 0.05) is 48.5 Å². The van der Waals surface area contributed by atoms with Crippen LogP contribution < -0.4 is 15.1 Å². The lowest BCUT2D eigenvalue weighted by Crippen LogP contribution is -2.47. The van der Waals surface area contributed by atoms with Crippen molar-refractivity contribution in [3.05, 3.63) is 35.8 Å². The van der Waals surface area contributed by atoms with Crippen molar-refractivity contribution in [2.75, 3.05) is 28.2 Å². The van der Waals surface area contributed by atoms with Crippen molar-refractivity contribution in [3.63, 3.8) is 0 Å². The van der Waals surface area contributed by atoms with Gasteiger partial charge in [0.05, 0.1) is 5.69 Å². The van der Waals surface area contributed by atoms with E-state index in [1.165, 1.54) is 5.56 Å². The summed E-state index contributed by atoms with van der Waals surface area (Å²) in [7, 11) is 0. The van der Waals surface area contributed by atoms with Gasteiger partial charge in [-0.15, -0.1) is 0 Å². The number of aromatic nitrogens is 2. The van der Waals surface area contributed by atoms with Crippen molar-refractivity contribution in [1.82, 2.24) is 9.97 Å². The van der Waals surface area contributed by atoms with Crippen molar-refractivity contribution in [1.29, 1.82) is 0 Å². The predicted octanol–water partition coefficient (Wildman–Crippen LogP) is 5.29. The molecular weight excluding hydrogens is 365 g/mol. The lowest BCUT2D eigenvalue weighted by molar-refractivity contribution is 0.412. The van der Waals surface area contributed by atoms with Crippen molar-refractivity contribution < 1.29 is 4.39 Å². The summed E-state index contributed by atoms with van der Waals surface area (Å²) in [5.41, 5.74) is 2.57. The SMILES string of the molecule is CCC(CC)N1c2nc(Nc3ccc(N4CCCC4)c(F)c3)ncc2CC1(C)C. The number of benzene rings is 1. The minimum Gasteiger partial charge on any atom is -0.369 e. The standard InChI is InChI=1S/C23H32FN5/c1-5-18(6-2)29-21-16(14-23(29,3)4)15-25-22(27-21)26-17-9-10-20(19(24)13-17)28-11-7-8-12-28/h9-10,13,15,18H,5-8,11-12,14H2,1-4H3,(H,25,26,27). The maximum absolute atomic E-state index is 14.7. The molecule has 1 aromatic carbocycles. The second kappa shape index (κ2) is 7.81. The van der Waals surface area contributed by atoms with Crippen LogP contribution in [-0.2, 0) is 6.42 Å². The van der Waals surface area contributed by atoms with Gasteiger partial charge in [-0.3, -0.25) is 0 Å². The third-order valence-electron chi connectivity index (χ3n) is 6.30. The van der Waals surface area contributed by atoms with Gasteiger partial charge in [-0.05, 0) is 57.7 Å². The quantitative estimate of drug-likeness (QED) is 0.717. The second-order valence-electron chi connectivity index (χ2n) is 8.86. The number of halogens is 1. The summed E-state index contributed by atoms with van der Waals surface area (Å²) in [5.74, 6) is 1.33. The monoisotopic (exact) mass is 397 g/mol. The number of fused-ring (bicyclic) bond motifs is 1. The van der Waals surface area contributed by atoms with Crippen LogP contribution in [0.25, 0.3) is 0 Å². The van der Waals surface area contributed by atoms with E-state index in [9.17, 15) is 4.39 Å². The minimum absolute atomic E-state index is 0.0236. The summed E-state index contributed by atoms with van der Waals surface area (Å²) in [6.45, 7) is 10.9. The van der Waals surface area contributed by atoms with Crippen LogP contribution in [0.5, 0.6) is 0 Å². The van der Waals surface area contributed by atoms with Gasteiger partial charge in [0.1, 0.15) is 11.6 Å². The highest BCUT2D eigenvalue weighted by Gasteiger charge is 2.40. The number of hydrogen-bond acceptors (Lipinski definition) is 5. The van der Waals surface area contributed by atoms with E-state index >= 15 is 0 Å². The smallest absolute Gasteiger partial charge is 0.229 e. The molecule has 0 atom stereocenters. The van der Waals surface area contributed by atoms with Crippen LogP contribution >= 0.6 is 0 Å². The Morgan fingerprint density at radius 3 is 2.55 bits per heavy atom. The fraction of sp³-hybridized carbons (Fsp3) is 0.565. The van der Waals surface area contributed by atoms with E-state index in [2.05, 4.69) is 47.8 Å². The van der Waals surface area contributed by atoms with E-state index in [-0.39, 0.29) is 11.4 Å². The Hall–Kier alpha value is -2.37. The molecule has 2 aliphatic heterocycles. The fourth-order valence-corrected chi connectivity index (χ4v) is 4.88. The highest BCUT2D eigenvalue weighted by atomic mass is 19.1. The zero-order valence-corrected chi connectivity index (χ0v) is 18.0. The van der Waals surface area contributed by atoms with E-state index in [1.807, 2.05) is 18.3 Å². The van der Waals surface area contributed by atoms with Gasteiger partial charge < -0.3 is 15.1 Å². The molecule has 1 saturated heterocycles. The van der Waals surface area contributed by atoms with Gasteiger partial charge in [-0.25, -0.2) is 9.37 Å². The zero-order valence-electron chi connectivity index (χ0n) is 18.0. The highest BCUT2D eigenvalue weighted by Crippen LogP contribution is 2.40. The molecule has 1 aromatic heterocycles. The summed E-state index contributed by atoms with van der Waals surface area (Å²) in [6, 6.07) is 5.77. The van der Waals surface area contributed by atoms with E-state index in [1.54, 1.807) is 6.07 Å². The molecule has 0 saturated carbocycles. The molecule has 5 nitrogen and oxygen atoms in total. The second-order valence-corrected chi connectivity index (χ2v) is 8.86. The topological polar surface area (TPSA) is 44.3 Å². The molecule has 4 rings (SSSR count). The summed E-state index contributed by atoms with van der Waals surface area (Å²) >= 11 is 0. The van der Waals surface area contributed by atoms with Gasteiger partial charge in [-0.1, -0.05) is 13.8 Å². The molecule has 1 fully saturated rings. The van der Waals surface area contributed by atoms with Crippen LogP contribution in [0.15, 0.2) is 24.4 Å². The van der Waals surface area contributed by atoms with Crippen LogP contribution in [0, 0.1) is 5.82 Å². The van der Waals surface area contributed by atoms with Gasteiger partial charge in [0.15, 0.2) is 0 Å². The third kappa shape index (κ3) is 3.77. The molecule has 29 heavy (non-hydrogen) atoms. The zero-order chi connectivity index (χ0) is 20.6. The summed E-state index contributed by atoms with van der Waals surface area (Å²) in [4.78, 5) is 13.9. The van der Waals surface area contributed by atoms with Gasteiger partial charge in [0.25, 0.3) is 0 Å². The molecule has 1 N–H and O–H groups in total. The van der Waals surface area contributed by atoms with Gasteiger partial charge >= 0.3 is 0 Å². The molecule has 0 bridgehead atoms. The molecule has 0 radical (unpaired) electrons. The molecular formula is C23H32FN5. The highest BCUT2D eigenvalue weighted by molar-refractivity contribution is 5.63. The van der Waals surface area contributed by atoms with Crippen LogP contribution in [0.2, 0.25) is 0 Å². The average Bonchev–Trinajstić information content (AvgIpc) is 3.29. The van der Waals surface area contributed by atoms with Crippen molar-refractivity contribution in [2.24, 2.45) is 0 Å². The maximum atomic E-state index is 14.7. The number of nitrogens with zero attached hydrogens (tertiary/aromatic N) is 4. The third-order valence-corrected chi connectivity index (χ3v) is 6.30. The Labute approximate surface area is 173 Å². The average molecular weight is 398 g/mol. The van der Waals surface area contributed by atoms with Gasteiger partial charge in [0.2, 0.25) is 5.95 Å². The molecule has 6 heteroatoms. The van der Waals surface area contributed by atoms with Crippen LogP contribution in [0.1, 0.15) is 58.9 Å². The summed E-state index contributed by atoms with van der Waals surface area (Å²) in [6.07, 6.45) is 7.28. The van der Waals surface area contributed by atoms with E-state index in [0.717, 1.165) is 51.0 Å². The Bertz CT molecular complexity index is 872. The first kappa shape index (κ1) is 19.9. The normalized spacial score (nSPS) is 17.9. The largest absolute Gasteiger partial charge is 0.369 e. The van der Waals surface area contributed by atoms with E-state index in [0.29, 0.717) is 23.4 Å². The maximum Gasteiger partial charge on any atom is 0.229 e. The molecule has 0 unspecified atom stereocenters. The molecule has 0 amide bonds. The first-order valence-corrected chi connectivity index (χ1v) is 10.9. The number of hydrogen-bond donors (Lipinski definition) is 1. The molecule has 2 aliphatic rings. The number of anilines is 4. The van der Waals surface area contributed by atoms with E-state index < -0.39 is 0 Å². The number of rotatable bonds is 6. The Balaban J connectivity index is 1.58. The van der Waals surface area contributed by atoms with E-state index in [4.69, 9.17) is 4.98 Å². The summed E-state index contributed by atoms with van der Waals surface area (Å²) in [5, 5.41) is 3.21. The first-order chi connectivity index (χ1) is 13.9. The Kier molecular flexibility index (Phi) is 5.36. The lowest BCUT2D eigenvalue weighted by atomic mass is 9.97. The molecule has 3 heterocycles. The van der Waals surface area contributed by atoms with Crippen LogP contribution in [-0.4, -0.2) is 34.6 Å². The lowest BCUT2D eigenvalue weighted by Gasteiger charge is -2.39.